The lowest BCUT2D eigenvalue weighted by Gasteiger charge is -2.21. The number of likely N-dealkylation sites (tertiary alicyclic amines) is 1. The summed E-state index contributed by atoms with van der Waals surface area (Å²) in [5.41, 5.74) is -0.607. The molecule has 0 radical (unpaired) electrons. The fraction of sp³-hybridized carbons (Fsp3) is 0.857. The van der Waals surface area contributed by atoms with Crippen molar-refractivity contribution in [3.8, 4) is 0 Å². The molecule has 1 N–H and O–H groups in total. The van der Waals surface area contributed by atoms with E-state index >= 15 is 0 Å². The van der Waals surface area contributed by atoms with Crippen LogP contribution in [0.1, 0.15) is 58.7 Å². The molecule has 1 aromatic heterocycles. The summed E-state index contributed by atoms with van der Waals surface area (Å²) >= 11 is 0. The number of hydrogen-bond donors (Lipinski definition) is 1. The van der Waals surface area contributed by atoms with Gasteiger partial charge in [-0.15, -0.1) is 0 Å². The minimum atomic E-state index is -0.528. The van der Waals surface area contributed by atoms with Gasteiger partial charge in [0, 0.05) is 12.0 Å². The van der Waals surface area contributed by atoms with Gasteiger partial charge in [0.2, 0.25) is 5.89 Å². The Balaban J connectivity index is 1.96. The van der Waals surface area contributed by atoms with Crippen molar-refractivity contribution in [1.29, 1.82) is 0 Å². The standard InChI is InChI=1S/C14H25N3O2/c1-13(2,3)12-15-11(19-16-12)10-17-8-5-6-14(4,18)7-9-17/h18H,5-10H2,1-4H3. The number of aromatic nitrogens is 2. The molecule has 0 aromatic carbocycles. The van der Waals surface area contributed by atoms with Crippen molar-refractivity contribution in [3.05, 3.63) is 11.7 Å². The molecule has 1 aliphatic rings. The van der Waals surface area contributed by atoms with Crippen LogP contribution >= 0.6 is 0 Å². The van der Waals surface area contributed by atoms with E-state index in [4.69, 9.17) is 4.52 Å². The van der Waals surface area contributed by atoms with Gasteiger partial charge in [0.15, 0.2) is 5.82 Å². The van der Waals surface area contributed by atoms with E-state index in [1.165, 1.54) is 0 Å². The molecule has 1 saturated heterocycles. The van der Waals surface area contributed by atoms with Crippen LogP contribution in [-0.4, -0.2) is 38.8 Å². The second-order valence-electron chi connectivity index (χ2n) is 6.89. The van der Waals surface area contributed by atoms with Crippen LogP contribution < -0.4 is 0 Å². The molecule has 1 aliphatic heterocycles. The van der Waals surface area contributed by atoms with E-state index in [2.05, 4.69) is 35.8 Å². The Morgan fingerprint density at radius 3 is 2.68 bits per heavy atom. The summed E-state index contributed by atoms with van der Waals surface area (Å²) in [6.45, 7) is 10.7. The molecule has 2 heterocycles. The second-order valence-corrected chi connectivity index (χ2v) is 6.89. The predicted molar refractivity (Wildman–Crippen MR) is 72.7 cm³/mol. The minimum absolute atomic E-state index is 0.0792. The highest BCUT2D eigenvalue weighted by atomic mass is 16.5. The highest BCUT2D eigenvalue weighted by molar-refractivity contribution is 5.00. The van der Waals surface area contributed by atoms with E-state index in [-0.39, 0.29) is 5.41 Å². The van der Waals surface area contributed by atoms with Crippen molar-refractivity contribution in [1.82, 2.24) is 15.0 Å². The molecule has 0 spiro atoms. The highest BCUT2D eigenvalue weighted by Gasteiger charge is 2.26. The maximum atomic E-state index is 10.1. The molecule has 0 aliphatic carbocycles. The second kappa shape index (κ2) is 5.21. The van der Waals surface area contributed by atoms with Crippen molar-refractivity contribution in [2.24, 2.45) is 0 Å². The summed E-state index contributed by atoms with van der Waals surface area (Å²) in [6.07, 6.45) is 2.67. The zero-order valence-corrected chi connectivity index (χ0v) is 12.4. The van der Waals surface area contributed by atoms with Crippen LogP contribution in [0.4, 0.5) is 0 Å². The third-order valence-corrected chi connectivity index (χ3v) is 3.65. The normalized spacial score (nSPS) is 26.4. The third-order valence-electron chi connectivity index (χ3n) is 3.65. The molecule has 0 bridgehead atoms. The molecule has 1 unspecified atom stereocenters. The molecule has 1 aromatic rings. The van der Waals surface area contributed by atoms with E-state index in [0.29, 0.717) is 12.4 Å². The molecular formula is C14H25N3O2. The summed E-state index contributed by atoms with van der Waals surface area (Å²) in [6, 6.07) is 0. The smallest absolute Gasteiger partial charge is 0.240 e. The largest absolute Gasteiger partial charge is 0.390 e. The van der Waals surface area contributed by atoms with E-state index in [9.17, 15) is 5.11 Å². The summed E-state index contributed by atoms with van der Waals surface area (Å²) in [7, 11) is 0. The first-order chi connectivity index (χ1) is 8.76. The van der Waals surface area contributed by atoms with Gasteiger partial charge in [-0.3, -0.25) is 4.90 Å². The molecular weight excluding hydrogens is 242 g/mol. The van der Waals surface area contributed by atoms with Gasteiger partial charge in [-0.05, 0) is 32.7 Å². The highest BCUT2D eigenvalue weighted by Crippen LogP contribution is 2.23. The van der Waals surface area contributed by atoms with Gasteiger partial charge in [0.05, 0.1) is 12.1 Å². The van der Waals surface area contributed by atoms with Gasteiger partial charge in [0.25, 0.3) is 0 Å². The van der Waals surface area contributed by atoms with Crippen molar-refractivity contribution in [2.45, 2.75) is 64.5 Å². The molecule has 19 heavy (non-hydrogen) atoms. The molecule has 5 nitrogen and oxygen atoms in total. The molecule has 108 valence electrons. The Bertz CT molecular complexity index is 421. The maximum Gasteiger partial charge on any atom is 0.240 e. The zero-order valence-electron chi connectivity index (χ0n) is 12.4. The molecule has 0 amide bonds. The summed E-state index contributed by atoms with van der Waals surface area (Å²) in [5.74, 6) is 1.43. The van der Waals surface area contributed by atoms with Crippen LogP contribution in [0.5, 0.6) is 0 Å². The quantitative estimate of drug-likeness (QED) is 0.889. The van der Waals surface area contributed by atoms with Gasteiger partial charge in [-0.1, -0.05) is 25.9 Å². The predicted octanol–water partition coefficient (Wildman–Crippen LogP) is 2.10. The van der Waals surface area contributed by atoms with Crippen LogP contribution in [0.15, 0.2) is 4.52 Å². The zero-order chi connectivity index (χ0) is 14.1. The van der Waals surface area contributed by atoms with Crippen molar-refractivity contribution >= 4 is 0 Å². The van der Waals surface area contributed by atoms with E-state index in [1.54, 1.807) is 0 Å². The summed E-state index contributed by atoms with van der Waals surface area (Å²) < 4.78 is 5.32. The molecule has 0 saturated carbocycles. The number of aliphatic hydroxyl groups is 1. The average molecular weight is 267 g/mol. The molecule has 2 rings (SSSR count). The van der Waals surface area contributed by atoms with Crippen LogP contribution in [0, 0.1) is 0 Å². The monoisotopic (exact) mass is 267 g/mol. The maximum absolute atomic E-state index is 10.1. The average Bonchev–Trinajstić information content (AvgIpc) is 2.67. The SMILES string of the molecule is CC1(O)CCCN(Cc2nc(C(C)(C)C)no2)CC1. The van der Waals surface area contributed by atoms with Gasteiger partial charge in [-0.2, -0.15) is 4.98 Å². The Hall–Kier alpha value is -0.940. The third kappa shape index (κ3) is 4.01. The first-order valence-electron chi connectivity index (χ1n) is 7.04. The van der Waals surface area contributed by atoms with Crippen LogP contribution in [0.3, 0.4) is 0 Å². The van der Waals surface area contributed by atoms with Crippen molar-refractivity contribution in [3.63, 3.8) is 0 Å². The number of nitrogens with zero attached hydrogens (tertiary/aromatic N) is 3. The first kappa shape index (κ1) is 14.5. The lowest BCUT2D eigenvalue weighted by molar-refractivity contribution is 0.0440. The van der Waals surface area contributed by atoms with Crippen molar-refractivity contribution < 1.29 is 9.63 Å². The molecule has 1 atom stereocenters. The summed E-state index contributed by atoms with van der Waals surface area (Å²) in [4.78, 5) is 6.74. The van der Waals surface area contributed by atoms with E-state index in [1.807, 2.05) is 6.92 Å². The molecule has 1 fully saturated rings. The fourth-order valence-electron chi connectivity index (χ4n) is 2.29. The van der Waals surface area contributed by atoms with E-state index < -0.39 is 5.60 Å². The van der Waals surface area contributed by atoms with Crippen LogP contribution in [0.2, 0.25) is 0 Å². The van der Waals surface area contributed by atoms with Gasteiger partial charge in [-0.25, -0.2) is 0 Å². The Morgan fingerprint density at radius 1 is 1.32 bits per heavy atom. The topological polar surface area (TPSA) is 62.4 Å². The number of hydrogen-bond acceptors (Lipinski definition) is 5. The van der Waals surface area contributed by atoms with Gasteiger partial charge >= 0.3 is 0 Å². The molecule has 5 heteroatoms. The van der Waals surface area contributed by atoms with Crippen LogP contribution in [-0.2, 0) is 12.0 Å². The van der Waals surface area contributed by atoms with Gasteiger partial charge in [0.1, 0.15) is 0 Å². The first-order valence-corrected chi connectivity index (χ1v) is 7.04. The Kier molecular flexibility index (Phi) is 3.97. The fourth-order valence-corrected chi connectivity index (χ4v) is 2.29. The number of rotatable bonds is 2. The minimum Gasteiger partial charge on any atom is -0.390 e. The van der Waals surface area contributed by atoms with Crippen molar-refractivity contribution in [2.75, 3.05) is 13.1 Å². The lowest BCUT2D eigenvalue weighted by Crippen LogP contribution is -2.28. The lowest BCUT2D eigenvalue weighted by atomic mass is 9.96. The van der Waals surface area contributed by atoms with Gasteiger partial charge < -0.3 is 9.63 Å². The summed E-state index contributed by atoms with van der Waals surface area (Å²) in [5, 5.41) is 14.1. The Morgan fingerprint density at radius 2 is 2.05 bits per heavy atom. The van der Waals surface area contributed by atoms with Crippen LogP contribution in [0.25, 0.3) is 0 Å². The van der Waals surface area contributed by atoms with E-state index in [0.717, 1.165) is 38.2 Å². The Labute approximate surface area is 115 Å².